The second-order valence-electron chi connectivity index (χ2n) is 15.4. The Hall–Kier alpha value is -2.92. The highest BCUT2D eigenvalue weighted by molar-refractivity contribution is 6.98. The maximum Gasteiger partial charge on any atom is 0.337 e. The lowest BCUT2D eigenvalue weighted by Gasteiger charge is -2.49. The van der Waals surface area contributed by atoms with E-state index in [0.717, 1.165) is 42.5 Å². The van der Waals surface area contributed by atoms with Crippen molar-refractivity contribution in [2.45, 2.75) is 152 Å². The average Bonchev–Trinajstić information content (AvgIpc) is 3.23. The number of carbonyl (C=O) groups is 1. The zero-order valence-electron chi connectivity index (χ0n) is 34.7. The number of benzene rings is 2. The van der Waals surface area contributed by atoms with Gasteiger partial charge in [-0.1, -0.05) is 120 Å². The largest absolute Gasteiger partial charge is 0.467 e. The number of aliphatic hydroxyl groups excluding tert-OH is 1. The first kappa shape index (κ1) is 46.8. The molecule has 2 heterocycles. The van der Waals surface area contributed by atoms with Crippen LogP contribution in [0.3, 0.4) is 0 Å². The van der Waals surface area contributed by atoms with E-state index in [9.17, 15) is 20.2 Å². The first-order chi connectivity index (χ1) is 27.5. The van der Waals surface area contributed by atoms with Gasteiger partial charge in [-0.15, -0.1) is 0 Å². The zero-order chi connectivity index (χ0) is 41.4. The normalized spacial score (nSPS) is 28.1. The Morgan fingerprint density at radius 3 is 1.82 bits per heavy atom. The zero-order valence-corrected chi connectivity index (χ0v) is 35.7. The van der Waals surface area contributed by atoms with Gasteiger partial charge in [0, 0.05) is 31.8 Å². The van der Waals surface area contributed by atoms with Crippen LogP contribution in [0.5, 0.6) is 0 Å². The van der Waals surface area contributed by atoms with Gasteiger partial charge in [-0.2, -0.15) is 0 Å². The van der Waals surface area contributed by atoms with E-state index in [-0.39, 0.29) is 0 Å². The molecular formula is C42H65N3O11Si. The Kier molecular flexibility index (Phi) is 18.9. The van der Waals surface area contributed by atoms with Gasteiger partial charge in [0.15, 0.2) is 18.7 Å². The van der Waals surface area contributed by atoms with Crippen LogP contribution in [-0.4, -0.2) is 120 Å². The van der Waals surface area contributed by atoms with Gasteiger partial charge in [0.1, 0.15) is 30.5 Å². The Morgan fingerprint density at radius 2 is 1.33 bits per heavy atom. The van der Waals surface area contributed by atoms with Crippen molar-refractivity contribution in [2.24, 2.45) is 5.11 Å². The smallest absolute Gasteiger partial charge is 0.337 e. The maximum absolute atomic E-state index is 13.3. The molecule has 2 fully saturated rings. The summed E-state index contributed by atoms with van der Waals surface area (Å²) in [5, 5.41) is 17.2. The van der Waals surface area contributed by atoms with Crippen LogP contribution < -0.4 is 10.4 Å². The monoisotopic (exact) mass is 815 g/mol. The molecule has 0 saturated carbocycles. The van der Waals surface area contributed by atoms with E-state index in [1.54, 1.807) is 0 Å². The van der Waals surface area contributed by atoms with Gasteiger partial charge in [-0.05, 0) is 53.0 Å². The fourth-order valence-corrected chi connectivity index (χ4v) is 11.5. The highest BCUT2D eigenvalue weighted by Crippen LogP contribution is 2.43. The van der Waals surface area contributed by atoms with Crippen molar-refractivity contribution >= 4 is 24.7 Å². The van der Waals surface area contributed by atoms with Crippen molar-refractivity contribution in [2.75, 3.05) is 34.0 Å². The standard InChI is InChI=1S/C42H65N3O11Si/c1-8-11-26-51-35-32(44-45-43)40(50-7)54-31(24-25-42(4,5)57(48,29-20-16-14-17-21-29)30-22-18-15-19-23-30)34(35)55-41-33(46)36(52-27-12-9-2)37(53-28-13-10-3)38(56-41)39(47)49-6/h14-23,31-38,40-41,46,48H,8-13,24-28H2,1-7H3/t31?,32-,33-,34+,35?,36?,37-,38?,40+,41+/m0/s1. The van der Waals surface area contributed by atoms with Crippen molar-refractivity contribution < 1.29 is 52.6 Å². The van der Waals surface area contributed by atoms with E-state index in [4.69, 9.17) is 37.9 Å². The molecule has 57 heavy (non-hydrogen) atoms. The number of nitrogens with zero attached hydrogens (tertiary/aromatic N) is 3. The number of methoxy groups -OCH3 is 2. The van der Waals surface area contributed by atoms with Crippen LogP contribution in [0.15, 0.2) is 65.8 Å². The van der Waals surface area contributed by atoms with E-state index in [1.165, 1.54) is 14.2 Å². The van der Waals surface area contributed by atoms with Crippen LogP contribution in [-0.2, 0) is 42.7 Å². The van der Waals surface area contributed by atoms with Crippen LogP contribution >= 0.6 is 0 Å². The van der Waals surface area contributed by atoms with Gasteiger partial charge in [-0.3, -0.25) is 0 Å². The Bertz CT molecular complexity index is 1480. The van der Waals surface area contributed by atoms with E-state index >= 15 is 0 Å². The molecule has 0 aromatic heterocycles. The Labute approximate surface area is 339 Å². The molecule has 0 aliphatic carbocycles. The molecule has 2 aromatic carbocycles. The average molecular weight is 816 g/mol. The van der Waals surface area contributed by atoms with Gasteiger partial charge in [0.05, 0.1) is 19.3 Å². The number of hydrogen-bond donors (Lipinski definition) is 2. The number of rotatable bonds is 23. The number of esters is 1. The Morgan fingerprint density at radius 1 is 0.807 bits per heavy atom. The topological polar surface area (TPSA) is 180 Å². The summed E-state index contributed by atoms with van der Waals surface area (Å²) in [7, 11) is -0.696. The number of hydrogen-bond acceptors (Lipinski definition) is 12. The molecule has 2 saturated heterocycles. The van der Waals surface area contributed by atoms with E-state index in [0.29, 0.717) is 39.1 Å². The van der Waals surface area contributed by atoms with Crippen molar-refractivity contribution in [3.8, 4) is 0 Å². The van der Waals surface area contributed by atoms with Crippen LogP contribution in [0.1, 0.15) is 86.0 Å². The molecule has 4 unspecified atom stereocenters. The van der Waals surface area contributed by atoms with Gasteiger partial charge < -0.3 is 47.8 Å². The van der Waals surface area contributed by atoms with Gasteiger partial charge in [0.2, 0.25) is 0 Å². The van der Waals surface area contributed by atoms with Crippen LogP contribution in [0.25, 0.3) is 10.4 Å². The first-order valence-corrected chi connectivity index (χ1v) is 22.4. The number of unbranched alkanes of at least 4 members (excludes halogenated alkanes) is 3. The van der Waals surface area contributed by atoms with E-state index in [2.05, 4.69) is 23.9 Å². The summed E-state index contributed by atoms with van der Waals surface area (Å²) in [6.07, 6.45) is -4.29. The minimum atomic E-state index is -3.43. The molecule has 0 bridgehead atoms. The number of ether oxygens (including phenoxy) is 8. The SMILES string of the molecule is CCCCOC1[C@H](OCCCC)C(C(=O)OC)O[C@@H](O[C@@H]2C(CCC(C)(C)[Si](O)(c3ccccc3)c3ccccc3)O[C@@H](OC)[C@@H](N=[N+]=[N-])C2OCCCC)[C@H]1O. The lowest BCUT2D eigenvalue weighted by Crippen LogP contribution is -2.66. The van der Waals surface area contributed by atoms with Crippen LogP contribution in [0.4, 0.5) is 0 Å². The lowest BCUT2D eigenvalue weighted by atomic mass is 9.91. The minimum Gasteiger partial charge on any atom is -0.467 e. The summed E-state index contributed by atoms with van der Waals surface area (Å²) in [5.41, 5.74) is 9.71. The fourth-order valence-electron chi connectivity index (χ4n) is 7.71. The molecule has 10 atom stereocenters. The molecule has 14 nitrogen and oxygen atoms in total. The number of aliphatic hydroxyl groups is 1. The summed E-state index contributed by atoms with van der Waals surface area (Å²) in [4.78, 5) is 29.4. The molecular weight excluding hydrogens is 751 g/mol. The lowest BCUT2D eigenvalue weighted by molar-refractivity contribution is -0.348. The van der Waals surface area contributed by atoms with Crippen LogP contribution in [0, 0.1) is 0 Å². The van der Waals surface area contributed by atoms with Gasteiger partial charge >= 0.3 is 5.97 Å². The van der Waals surface area contributed by atoms with E-state index < -0.39 is 80.7 Å². The second-order valence-corrected chi connectivity index (χ2v) is 19.4. The van der Waals surface area contributed by atoms with Crippen LogP contribution in [0.2, 0.25) is 5.04 Å². The highest BCUT2D eigenvalue weighted by atomic mass is 28.4. The molecule has 0 spiro atoms. The predicted molar refractivity (Wildman–Crippen MR) is 218 cm³/mol. The molecule has 318 valence electrons. The minimum absolute atomic E-state index is 0.309. The second kappa shape index (κ2) is 23.0. The summed E-state index contributed by atoms with van der Waals surface area (Å²) >= 11 is 0. The summed E-state index contributed by atoms with van der Waals surface area (Å²) < 4.78 is 49.5. The van der Waals surface area contributed by atoms with Gasteiger partial charge in [0.25, 0.3) is 8.32 Å². The van der Waals surface area contributed by atoms with E-state index in [1.807, 2.05) is 81.4 Å². The van der Waals surface area contributed by atoms with Gasteiger partial charge in [-0.25, -0.2) is 4.79 Å². The molecule has 2 aromatic rings. The van der Waals surface area contributed by atoms with Crippen molar-refractivity contribution in [1.29, 1.82) is 0 Å². The molecule has 2 aliphatic rings. The predicted octanol–water partition coefficient (Wildman–Crippen LogP) is 5.55. The molecule has 2 N–H and O–H groups in total. The van der Waals surface area contributed by atoms with Crippen molar-refractivity contribution in [3.63, 3.8) is 0 Å². The third-order valence-electron chi connectivity index (χ3n) is 11.1. The maximum atomic E-state index is 13.3. The molecule has 2 aliphatic heterocycles. The molecule has 15 heteroatoms. The number of azide groups is 1. The summed E-state index contributed by atoms with van der Waals surface area (Å²) in [6.45, 7) is 11.2. The van der Waals surface area contributed by atoms with Crippen molar-refractivity contribution in [1.82, 2.24) is 0 Å². The van der Waals surface area contributed by atoms with Crippen molar-refractivity contribution in [3.05, 3.63) is 71.1 Å². The first-order valence-electron chi connectivity index (χ1n) is 20.5. The molecule has 0 radical (unpaired) electrons. The molecule has 4 rings (SSSR count). The number of carbonyl (C=O) groups excluding carboxylic acids is 1. The third kappa shape index (κ3) is 11.4. The fraction of sp³-hybridized carbons (Fsp3) is 0.690. The quantitative estimate of drug-likeness (QED) is 0.0359. The molecule has 0 amide bonds. The summed E-state index contributed by atoms with van der Waals surface area (Å²) in [6, 6.07) is 18.5. The summed E-state index contributed by atoms with van der Waals surface area (Å²) in [5.74, 6) is -0.701. The third-order valence-corrected chi connectivity index (χ3v) is 15.7. The highest BCUT2D eigenvalue weighted by Gasteiger charge is 2.56. The Balaban J connectivity index is 1.76.